The molecule has 2 heteroatoms. The summed E-state index contributed by atoms with van der Waals surface area (Å²) in [7, 11) is 6.01. The minimum atomic E-state index is 0.103. The number of hydrogen-bond donors (Lipinski definition) is 0. The van der Waals surface area contributed by atoms with Crippen molar-refractivity contribution in [3.05, 3.63) is 0 Å². The number of rotatable bonds is 1. The molecule has 0 aliphatic carbocycles. The molecule has 1 aliphatic heterocycles. The minimum absolute atomic E-state index is 0.103. The summed E-state index contributed by atoms with van der Waals surface area (Å²) >= 11 is 0. The molecule has 1 fully saturated rings. The Balaban J connectivity index is 2.36. The van der Waals surface area contributed by atoms with Crippen molar-refractivity contribution in [3.63, 3.8) is 0 Å². The van der Waals surface area contributed by atoms with Gasteiger partial charge in [-0.1, -0.05) is 12.2 Å². The summed E-state index contributed by atoms with van der Waals surface area (Å²) in [5, 5.41) is 0.103. The van der Waals surface area contributed by atoms with E-state index in [2.05, 4.69) is 25.7 Å². The van der Waals surface area contributed by atoms with Crippen molar-refractivity contribution < 1.29 is 0 Å². The van der Waals surface area contributed by atoms with Gasteiger partial charge >= 0.3 is 0 Å². The van der Waals surface area contributed by atoms with E-state index < -0.39 is 0 Å². The van der Waals surface area contributed by atoms with E-state index >= 15 is 0 Å². The molecular weight excluding hydrogens is 133 g/mol. The van der Waals surface area contributed by atoms with E-state index in [1.165, 1.54) is 13.1 Å². The lowest BCUT2D eigenvalue weighted by atomic mass is 9.64. The van der Waals surface area contributed by atoms with Crippen LogP contribution in [0.1, 0.15) is 33.6 Å². The van der Waals surface area contributed by atoms with Crippen molar-refractivity contribution in [2.45, 2.75) is 45.0 Å². The third kappa shape index (κ3) is 2.51. The Morgan fingerprint density at radius 1 is 1.27 bits per heavy atom. The van der Waals surface area contributed by atoms with Crippen LogP contribution in [-0.2, 0) is 0 Å². The maximum absolute atomic E-state index is 6.01. The van der Waals surface area contributed by atoms with Crippen LogP contribution in [0, 0.1) is 0 Å². The van der Waals surface area contributed by atoms with Gasteiger partial charge in [0.05, 0.1) is 7.85 Å². The molecular formula is C9H18BN. The van der Waals surface area contributed by atoms with Crippen molar-refractivity contribution in [3.8, 4) is 0 Å². The molecule has 0 bridgehead atoms. The zero-order valence-electron chi connectivity index (χ0n) is 7.93. The zero-order valence-corrected chi connectivity index (χ0v) is 7.93. The van der Waals surface area contributed by atoms with Gasteiger partial charge in [-0.3, -0.25) is 0 Å². The van der Waals surface area contributed by atoms with E-state index in [1.807, 2.05) is 0 Å². The Kier molecular flexibility index (Phi) is 2.63. The summed E-state index contributed by atoms with van der Waals surface area (Å²) in [6, 6.07) is 0.686. The van der Waals surface area contributed by atoms with E-state index in [1.54, 1.807) is 0 Å². The Bertz CT molecular complexity index is 122. The van der Waals surface area contributed by atoms with E-state index in [4.69, 9.17) is 7.85 Å². The van der Waals surface area contributed by atoms with Gasteiger partial charge in [-0.05, 0) is 39.8 Å². The Labute approximate surface area is 71.6 Å². The predicted octanol–water partition coefficient (Wildman–Crippen LogP) is 1.84. The predicted molar refractivity (Wildman–Crippen MR) is 50.1 cm³/mol. The highest BCUT2D eigenvalue weighted by Crippen LogP contribution is 2.34. The quantitative estimate of drug-likeness (QED) is 0.517. The Morgan fingerprint density at radius 3 is 2.09 bits per heavy atom. The molecule has 1 aliphatic rings. The van der Waals surface area contributed by atoms with Crippen LogP contribution in [0.2, 0.25) is 5.31 Å². The van der Waals surface area contributed by atoms with Gasteiger partial charge in [0.2, 0.25) is 0 Å². The summed E-state index contributed by atoms with van der Waals surface area (Å²) in [6.45, 7) is 9.00. The first-order valence-electron chi connectivity index (χ1n) is 4.54. The van der Waals surface area contributed by atoms with Crippen molar-refractivity contribution in [2.75, 3.05) is 13.1 Å². The molecule has 0 spiro atoms. The minimum Gasteiger partial charge on any atom is -0.301 e. The second kappa shape index (κ2) is 3.18. The van der Waals surface area contributed by atoms with E-state index in [0.29, 0.717) is 6.04 Å². The summed E-state index contributed by atoms with van der Waals surface area (Å²) in [5.41, 5.74) is 0. The second-order valence-electron chi connectivity index (χ2n) is 4.28. The fraction of sp³-hybridized carbons (Fsp3) is 1.00. The molecule has 11 heavy (non-hydrogen) atoms. The van der Waals surface area contributed by atoms with Crippen LogP contribution in [0.25, 0.3) is 0 Å². The molecule has 1 rings (SSSR count). The molecule has 0 unspecified atom stereocenters. The van der Waals surface area contributed by atoms with Gasteiger partial charge < -0.3 is 4.90 Å². The SMILES string of the molecule is [B]C1(C)CCN(C(C)C)CC1. The molecule has 0 amide bonds. The first kappa shape index (κ1) is 9.12. The number of likely N-dealkylation sites (tertiary alicyclic amines) is 1. The van der Waals surface area contributed by atoms with Gasteiger partial charge in [-0.2, -0.15) is 0 Å². The van der Waals surface area contributed by atoms with Crippen molar-refractivity contribution >= 4 is 7.85 Å². The maximum atomic E-state index is 6.01. The summed E-state index contributed by atoms with van der Waals surface area (Å²) in [6.07, 6.45) is 2.29. The topological polar surface area (TPSA) is 3.24 Å². The summed E-state index contributed by atoms with van der Waals surface area (Å²) in [4.78, 5) is 2.49. The fourth-order valence-corrected chi connectivity index (χ4v) is 1.55. The lowest BCUT2D eigenvalue weighted by Crippen LogP contribution is -2.39. The van der Waals surface area contributed by atoms with E-state index in [0.717, 1.165) is 12.8 Å². The Hall–Kier alpha value is 0.0249. The smallest absolute Gasteiger partial charge is 0.0743 e. The molecule has 0 aromatic rings. The molecule has 2 radical (unpaired) electrons. The zero-order chi connectivity index (χ0) is 8.48. The summed E-state index contributed by atoms with van der Waals surface area (Å²) in [5.74, 6) is 0. The monoisotopic (exact) mass is 151 g/mol. The Morgan fingerprint density at radius 2 is 1.73 bits per heavy atom. The third-order valence-electron chi connectivity index (χ3n) is 2.67. The second-order valence-corrected chi connectivity index (χ2v) is 4.28. The standard InChI is InChI=1S/C9H18BN/c1-8(2)11-6-4-9(3,10)5-7-11/h8H,4-7H2,1-3H3. The number of hydrogen-bond acceptors (Lipinski definition) is 1. The van der Waals surface area contributed by atoms with Crippen LogP contribution in [0.4, 0.5) is 0 Å². The lowest BCUT2D eigenvalue weighted by Gasteiger charge is -2.39. The van der Waals surface area contributed by atoms with Crippen LogP contribution >= 0.6 is 0 Å². The average molecular weight is 151 g/mol. The highest BCUT2D eigenvalue weighted by atomic mass is 15.1. The normalized spacial score (nSPS) is 25.8. The van der Waals surface area contributed by atoms with Gasteiger partial charge in [0, 0.05) is 6.04 Å². The van der Waals surface area contributed by atoms with Crippen LogP contribution in [-0.4, -0.2) is 31.9 Å². The highest BCUT2D eigenvalue weighted by molar-refractivity contribution is 6.14. The third-order valence-corrected chi connectivity index (χ3v) is 2.67. The molecule has 0 aromatic carbocycles. The van der Waals surface area contributed by atoms with Gasteiger partial charge in [0.1, 0.15) is 0 Å². The highest BCUT2D eigenvalue weighted by Gasteiger charge is 2.25. The molecule has 1 heterocycles. The maximum Gasteiger partial charge on any atom is 0.0743 e. The van der Waals surface area contributed by atoms with Crippen molar-refractivity contribution in [2.24, 2.45) is 0 Å². The van der Waals surface area contributed by atoms with Crippen LogP contribution in [0.15, 0.2) is 0 Å². The summed E-state index contributed by atoms with van der Waals surface area (Å²) < 4.78 is 0. The largest absolute Gasteiger partial charge is 0.301 e. The average Bonchev–Trinajstić information content (AvgIpc) is 1.86. The van der Waals surface area contributed by atoms with Crippen molar-refractivity contribution in [1.29, 1.82) is 0 Å². The van der Waals surface area contributed by atoms with Crippen molar-refractivity contribution in [1.82, 2.24) is 4.90 Å². The number of nitrogens with zero attached hydrogens (tertiary/aromatic N) is 1. The molecule has 0 aromatic heterocycles. The first-order chi connectivity index (χ1) is 5.01. The van der Waals surface area contributed by atoms with Crippen LogP contribution in [0.5, 0.6) is 0 Å². The van der Waals surface area contributed by atoms with E-state index in [-0.39, 0.29) is 5.31 Å². The first-order valence-corrected chi connectivity index (χ1v) is 4.54. The lowest BCUT2D eigenvalue weighted by molar-refractivity contribution is 0.162. The molecule has 62 valence electrons. The van der Waals surface area contributed by atoms with Crippen LogP contribution < -0.4 is 0 Å². The molecule has 1 saturated heterocycles. The van der Waals surface area contributed by atoms with E-state index in [9.17, 15) is 0 Å². The fourth-order valence-electron chi connectivity index (χ4n) is 1.55. The van der Waals surface area contributed by atoms with Gasteiger partial charge in [-0.15, -0.1) is 0 Å². The molecule has 0 atom stereocenters. The van der Waals surface area contributed by atoms with Gasteiger partial charge in [0.25, 0.3) is 0 Å². The number of piperidine rings is 1. The van der Waals surface area contributed by atoms with Gasteiger partial charge in [-0.25, -0.2) is 0 Å². The molecule has 1 nitrogen and oxygen atoms in total. The molecule has 0 saturated carbocycles. The molecule has 0 N–H and O–H groups in total. The van der Waals surface area contributed by atoms with Crippen LogP contribution in [0.3, 0.4) is 0 Å². The van der Waals surface area contributed by atoms with Gasteiger partial charge in [0.15, 0.2) is 0 Å².